The summed E-state index contributed by atoms with van der Waals surface area (Å²) < 4.78 is 13.4. The number of carbonyl (C=O) groups is 2. The lowest BCUT2D eigenvalue weighted by Gasteiger charge is -2.21. The SMILES string of the molecule is Cc1ccc(C(=O)NCCNC(=O)C2CCCNC2)cc1F. The van der Waals surface area contributed by atoms with Gasteiger partial charge >= 0.3 is 0 Å². The van der Waals surface area contributed by atoms with E-state index in [1.54, 1.807) is 19.1 Å². The smallest absolute Gasteiger partial charge is 0.251 e. The molecule has 2 amide bonds. The highest BCUT2D eigenvalue weighted by molar-refractivity contribution is 5.94. The van der Waals surface area contributed by atoms with Crippen molar-refractivity contribution in [3.63, 3.8) is 0 Å². The third kappa shape index (κ3) is 4.53. The number of aryl methyl sites for hydroxylation is 1. The number of carbonyl (C=O) groups excluding carboxylic acids is 2. The molecule has 120 valence electrons. The molecule has 0 aromatic heterocycles. The molecule has 1 aliphatic heterocycles. The second kappa shape index (κ2) is 7.89. The molecule has 0 radical (unpaired) electrons. The van der Waals surface area contributed by atoms with Crippen LogP contribution < -0.4 is 16.0 Å². The summed E-state index contributed by atoms with van der Waals surface area (Å²) in [6.07, 6.45) is 1.90. The van der Waals surface area contributed by atoms with Gasteiger partial charge in [-0.1, -0.05) is 6.07 Å². The van der Waals surface area contributed by atoms with Gasteiger partial charge < -0.3 is 16.0 Å². The number of nitrogens with one attached hydrogen (secondary N) is 3. The first kappa shape index (κ1) is 16.4. The minimum Gasteiger partial charge on any atom is -0.354 e. The van der Waals surface area contributed by atoms with Crippen molar-refractivity contribution in [2.75, 3.05) is 26.2 Å². The highest BCUT2D eigenvalue weighted by Crippen LogP contribution is 2.10. The zero-order valence-corrected chi connectivity index (χ0v) is 12.7. The minimum absolute atomic E-state index is 0.00986. The maximum atomic E-state index is 13.4. The Morgan fingerprint density at radius 2 is 2.09 bits per heavy atom. The molecule has 1 aromatic carbocycles. The van der Waals surface area contributed by atoms with E-state index >= 15 is 0 Å². The molecule has 0 saturated carbocycles. The van der Waals surface area contributed by atoms with E-state index in [0.29, 0.717) is 25.2 Å². The highest BCUT2D eigenvalue weighted by Gasteiger charge is 2.20. The zero-order valence-electron chi connectivity index (χ0n) is 12.7. The molecule has 22 heavy (non-hydrogen) atoms. The Balaban J connectivity index is 1.70. The quantitative estimate of drug-likeness (QED) is 0.710. The van der Waals surface area contributed by atoms with Crippen LogP contribution in [-0.4, -0.2) is 38.0 Å². The lowest BCUT2D eigenvalue weighted by atomic mass is 9.99. The Hall–Kier alpha value is -1.95. The molecule has 1 heterocycles. The van der Waals surface area contributed by atoms with Gasteiger partial charge in [0, 0.05) is 25.2 Å². The van der Waals surface area contributed by atoms with Crippen LogP contribution in [0, 0.1) is 18.7 Å². The zero-order chi connectivity index (χ0) is 15.9. The van der Waals surface area contributed by atoms with E-state index in [-0.39, 0.29) is 23.3 Å². The van der Waals surface area contributed by atoms with E-state index in [9.17, 15) is 14.0 Å². The molecular weight excluding hydrogens is 285 g/mol. The van der Waals surface area contributed by atoms with Crippen molar-refractivity contribution < 1.29 is 14.0 Å². The average molecular weight is 307 g/mol. The summed E-state index contributed by atoms with van der Waals surface area (Å²) in [5, 5.41) is 8.67. The van der Waals surface area contributed by atoms with Crippen molar-refractivity contribution in [3.8, 4) is 0 Å². The fourth-order valence-electron chi connectivity index (χ4n) is 2.42. The molecular formula is C16H22FN3O2. The summed E-state index contributed by atoms with van der Waals surface area (Å²) in [5.74, 6) is -0.711. The van der Waals surface area contributed by atoms with Gasteiger partial charge in [-0.2, -0.15) is 0 Å². The van der Waals surface area contributed by atoms with Crippen LogP contribution in [0.4, 0.5) is 4.39 Å². The molecule has 5 nitrogen and oxygen atoms in total. The Labute approximate surface area is 129 Å². The summed E-state index contributed by atoms with van der Waals surface area (Å²) in [6, 6.07) is 4.37. The molecule has 1 atom stereocenters. The normalized spacial score (nSPS) is 17.8. The predicted molar refractivity (Wildman–Crippen MR) is 82.1 cm³/mol. The second-order valence-corrected chi connectivity index (χ2v) is 5.55. The van der Waals surface area contributed by atoms with Crippen LogP contribution in [0.1, 0.15) is 28.8 Å². The molecule has 1 fully saturated rings. The fourth-order valence-corrected chi connectivity index (χ4v) is 2.42. The van der Waals surface area contributed by atoms with Crippen molar-refractivity contribution in [3.05, 3.63) is 35.1 Å². The van der Waals surface area contributed by atoms with Gasteiger partial charge in [-0.3, -0.25) is 9.59 Å². The van der Waals surface area contributed by atoms with Gasteiger partial charge in [-0.25, -0.2) is 4.39 Å². The van der Waals surface area contributed by atoms with Crippen molar-refractivity contribution >= 4 is 11.8 Å². The highest BCUT2D eigenvalue weighted by atomic mass is 19.1. The second-order valence-electron chi connectivity index (χ2n) is 5.55. The first-order valence-corrected chi connectivity index (χ1v) is 7.60. The number of benzene rings is 1. The summed E-state index contributed by atoms with van der Waals surface area (Å²) in [4.78, 5) is 23.7. The van der Waals surface area contributed by atoms with Crippen molar-refractivity contribution in [2.45, 2.75) is 19.8 Å². The summed E-state index contributed by atoms with van der Waals surface area (Å²) in [5.41, 5.74) is 0.788. The Morgan fingerprint density at radius 1 is 1.32 bits per heavy atom. The Bertz CT molecular complexity index is 542. The van der Waals surface area contributed by atoms with Crippen molar-refractivity contribution in [1.82, 2.24) is 16.0 Å². The van der Waals surface area contributed by atoms with E-state index in [1.165, 1.54) is 6.07 Å². The van der Waals surface area contributed by atoms with Gasteiger partial charge in [0.25, 0.3) is 5.91 Å². The number of rotatable bonds is 5. The van der Waals surface area contributed by atoms with Gasteiger partial charge in [-0.15, -0.1) is 0 Å². The van der Waals surface area contributed by atoms with Crippen LogP contribution in [0.2, 0.25) is 0 Å². The lowest BCUT2D eigenvalue weighted by Crippen LogP contribution is -2.42. The van der Waals surface area contributed by atoms with Crippen LogP contribution in [0.25, 0.3) is 0 Å². The third-order valence-electron chi connectivity index (χ3n) is 3.81. The van der Waals surface area contributed by atoms with Gasteiger partial charge in [-0.05, 0) is 44.0 Å². The maximum Gasteiger partial charge on any atom is 0.251 e. The number of hydrogen-bond donors (Lipinski definition) is 3. The van der Waals surface area contributed by atoms with E-state index in [4.69, 9.17) is 0 Å². The van der Waals surface area contributed by atoms with Gasteiger partial charge in [0.2, 0.25) is 5.91 Å². The average Bonchev–Trinajstić information content (AvgIpc) is 2.54. The molecule has 0 bridgehead atoms. The minimum atomic E-state index is -0.397. The van der Waals surface area contributed by atoms with E-state index in [0.717, 1.165) is 19.4 Å². The predicted octanol–water partition coefficient (Wildman–Crippen LogP) is 0.980. The molecule has 1 unspecified atom stereocenters. The van der Waals surface area contributed by atoms with Crippen LogP contribution in [0.5, 0.6) is 0 Å². The molecule has 1 aromatic rings. The summed E-state index contributed by atoms with van der Waals surface area (Å²) in [7, 11) is 0. The number of hydrogen-bond acceptors (Lipinski definition) is 3. The van der Waals surface area contributed by atoms with Crippen molar-refractivity contribution in [1.29, 1.82) is 0 Å². The largest absolute Gasteiger partial charge is 0.354 e. The van der Waals surface area contributed by atoms with Crippen LogP contribution >= 0.6 is 0 Å². The van der Waals surface area contributed by atoms with Gasteiger partial charge in [0.15, 0.2) is 0 Å². The Kier molecular flexibility index (Phi) is 5.89. The van der Waals surface area contributed by atoms with Crippen LogP contribution in [-0.2, 0) is 4.79 Å². The monoisotopic (exact) mass is 307 g/mol. The van der Waals surface area contributed by atoms with Crippen LogP contribution in [0.15, 0.2) is 18.2 Å². The first-order valence-electron chi connectivity index (χ1n) is 7.60. The van der Waals surface area contributed by atoms with E-state index in [2.05, 4.69) is 16.0 Å². The van der Waals surface area contributed by atoms with E-state index < -0.39 is 5.82 Å². The van der Waals surface area contributed by atoms with Gasteiger partial charge in [0.05, 0.1) is 5.92 Å². The molecule has 0 aliphatic carbocycles. The number of piperidine rings is 1. The number of amides is 2. The van der Waals surface area contributed by atoms with Crippen molar-refractivity contribution in [2.24, 2.45) is 5.92 Å². The third-order valence-corrected chi connectivity index (χ3v) is 3.81. The lowest BCUT2D eigenvalue weighted by molar-refractivity contribution is -0.125. The van der Waals surface area contributed by atoms with Gasteiger partial charge in [0.1, 0.15) is 5.82 Å². The maximum absolute atomic E-state index is 13.4. The summed E-state index contributed by atoms with van der Waals surface area (Å²) >= 11 is 0. The molecule has 3 N–H and O–H groups in total. The molecule has 1 aliphatic rings. The Morgan fingerprint density at radius 3 is 2.77 bits per heavy atom. The fraction of sp³-hybridized carbons (Fsp3) is 0.500. The molecule has 6 heteroatoms. The first-order chi connectivity index (χ1) is 10.6. The molecule has 0 spiro atoms. The molecule has 2 rings (SSSR count). The van der Waals surface area contributed by atoms with Crippen LogP contribution in [0.3, 0.4) is 0 Å². The van der Waals surface area contributed by atoms with E-state index in [1.807, 2.05) is 0 Å². The topological polar surface area (TPSA) is 70.2 Å². The standard InChI is InChI=1S/C16H22FN3O2/c1-11-4-5-12(9-14(11)17)15(21)19-7-8-20-16(22)13-3-2-6-18-10-13/h4-5,9,13,18H,2-3,6-8,10H2,1H3,(H,19,21)(H,20,22). The summed E-state index contributed by atoms with van der Waals surface area (Å²) in [6.45, 7) is 4.01. The molecule has 1 saturated heterocycles. The number of halogens is 1.